The summed E-state index contributed by atoms with van der Waals surface area (Å²) in [6.45, 7) is 1.82. The highest BCUT2D eigenvalue weighted by Crippen LogP contribution is 2.26. The highest BCUT2D eigenvalue weighted by atomic mass is 35.5. The maximum absolute atomic E-state index is 12.9. The first kappa shape index (κ1) is 22.9. The lowest BCUT2D eigenvalue weighted by Crippen LogP contribution is -2.51. The molecule has 3 aromatic rings. The molecule has 170 valence electrons. The van der Waals surface area contributed by atoms with Crippen molar-refractivity contribution < 1.29 is 9.59 Å². The number of pyridine rings is 1. The van der Waals surface area contributed by atoms with Gasteiger partial charge in [-0.15, -0.1) is 0 Å². The lowest BCUT2D eigenvalue weighted by molar-refractivity contribution is 0.0671. The normalized spacial score (nSPS) is 13.5. The van der Waals surface area contributed by atoms with Gasteiger partial charge in [0, 0.05) is 68.2 Å². The molecule has 0 bridgehead atoms. The van der Waals surface area contributed by atoms with Crippen LogP contribution in [0.1, 0.15) is 10.4 Å². The minimum absolute atomic E-state index is 0.0438. The van der Waals surface area contributed by atoms with Gasteiger partial charge < -0.3 is 20.0 Å². The topological polar surface area (TPSA) is 68.8 Å². The number of amides is 3. The Bertz CT molecular complexity index is 1130. The molecule has 1 fully saturated rings. The number of carbonyl (C=O) groups excluding carboxylic acids is 2. The standard InChI is InChI=1S/C24H23Cl2N5O2/c1-29(20-8-10-27-11-9-20)19-5-2-17(3-6-19)23(32)30-12-14-31(15-13-30)24(33)28-18-4-7-21(25)22(26)16-18/h2-11,16H,12-15H2,1H3,(H,28,33). The molecule has 2 heterocycles. The first-order chi connectivity index (χ1) is 15.9. The number of rotatable bonds is 4. The fourth-order valence-corrected chi connectivity index (χ4v) is 3.91. The van der Waals surface area contributed by atoms with Gasteiger partial charge in [-0.05, 0) is 54.6 Å². The molecule has 0 spiro atoms. The average Bonchev–Trinajstić information content (AvgIpc) is 2.86. The Kier molecular flexibility index (Phi) is 7.01. The fourth-order valence-electron chi connectivity index (χ4n) is 3.62. The van der Waals surface area contributed by atoms with E-state index in [-0.39, 0.29) is 11.9 Å². The monoisotopic (exact) mass is 483 g/mol. The maximum atomic E-state index is 12.9. The van der Waals surface area contributed by atoms with Crippen LogP contribution in [0.4, 0.5) is 21.9 Å². The van der Waals surface area contributed by atoms with E-state index in [1.54, 1.807) is 40.4 Å². The predicted octanol–water partition coefficient (Wildman–Crippen LogP) is 5.15. The van der Waals surface area contributed by atoms with Crippen LogP contribution < -0.4 is 10.2 Å². The van der Waals surface area contributed by atoms with Crippen LogP contribution in [0.25, 0.3) is 0 Å². The maximum Gasteiger partial charge on any atom is 0.321 e. The smallest absolute Gasteiger partial charge is 0.321 e. The van der Waals surface area contributed by atoms with E-state index in [1.807, 2.05) is 48.3 Å². The van der Waals surface area contributed by atoms with Crippen molar-refractivity contribution in [3.05, 3.63) is 82.6 Å². The zero-order chi connectivity index (χ0) is 23.4. The summed E-state index contributed by atoms with van der Waals surface area (Å²) in [5, 5.41) is 3.62. The number of piperazine rings is 1. The third kappa shape index (κ3) is 5.38. The summed E-state index contributed by atoms with van der Waals surface area (Å²) >= 11 is 11.9. The number of nitrogens with zero attached hydrogens (tertiary/aromatic N) is 4. The largest absolute Gasteiger partial charge is 0.345 e. The van der Waals surface area contributed by atoms with Gasteiger partial charge in [-0.25, -0.2) is 4.79 Å². The van der Waals surface area contributed by atoms with Gasteiger partial charge in [-0.1, -0.05) is 23.2 Å². The van der Waals surface area contributed by atoms with Crippen LogP contribution in [-0.2, 0) is 0 Å². The van der Waals surface area contributed by atoms with Crippen LogP contribution in [0.5, 0.6) is 0 Å². The Morgan fingerprint density at radius 2 is 1.45 bits per heavy atom. The SMILES string of the molecule is CN(c1ccncc1)c1ccc(C(=O)N2CCN(C(=O)Nc3ccc(Cl)c(Cl)c3)CC2)cc1. The summed E-state index contributed by atoms with van der Waals surface area (Å²) in [6.07, 6.45) is 3.49. The molecule has 7 nitrogen and oxygen atoms in total. The Morgan fingerprint density at radius 3 is 2.09 bits per heavy atom. The molecule has 0 radical (unpaired) electrons. The van der Waals surface area contributed by atoms with E-state index >= 15 is 0 Å². The summed E-state index contributed by atoms with van der Waals surface area (Å²) in [6, 6.07) is 16.1. The fraction of sp³-hybridized carbons (Fsp3) is 0.208. The van der Waals surface area contributed by atoms with Gasteiger partial charge >= 0.3 is 6.03 Å². The van der Waals surface area contributed by atoms with Gasteiger partial charge in [0.05, 0.1) is 10.0 Å². The minimum Gasteiger partial charge on any atom is -0.345 e. The molecule has 2 aromatic carbocycles. The molecule has 0 unspecified atom stereocenters. The van der Waals surface area contributed by atoms with Crippen molar-refractivity contribution in [2.75, 3.05) is 43.4 Å². The van der Waals surface area contributed by atoms with E-state index in [9.17, 15) is 9.59 Å². The van der Waals surface area contributed by atoms with Gasteiger partial charge in [0.2, 0.25) is 0 Å². The van der Waals surface area contributed by atoms with Gasteiger partial charge in [0.15, 0.2) is 0 Å². The van der Waals surface area contributed by atoms with Crippen LogP contribution in [-0.4, -0.2) is 59.9 Å². The number of anilines is 3. The van der Waals surface area contributed by atoms with Crippen molar-refractivity contribution in [2.45, 2.75) is 0 Å². The number of hydrogen-bond donors (Lipinski definition) is 1. The molecule has 1 aromatic heterocycles. The summed E-state index contributed by atoms with van der Waals surface area (Å²) in [4.78, 5) is 35.0. The zero-order valence-electron chi connectivity index (χ0n) is 18.0. The Hall–Kier alpha value is -3.29. The van der Waals surface area contributed by atoms with Crippen molar-refractivity contribution >= 4 is 52.2 Å². The van der Waals surface area contributed by atoms with Crippen molar-refractivity contribution in [3.8, 4) is 0 Å². The number of hydrogen-bond acceptors (Lipinski definition) is 4. The van der Waals surface area contributed by atoms with E-state index < -0.39 is 0 Å². The molecule has 1 N–H and O–H groups in total. The Labute approximate surface area is 202 Å². The molecule has 1 aliphatic heterocycles. The average molecular weight is 484 g/mol. The van der Waals surface area contributed by atoms with Crippen molar-refractivity contribution in [2.24, 2.45) is 0 Å². The number of aromatic nitrogens is 1. The molecular formula is C24H23Cl2N5O2. The lowest BCUT2D eigenvalue weighted by atomic mass is 10.1. The van der Waals surface area contributed by atoms with E-state index in [1.165, 1.54) is 0 Å². The van der Waals surface area contributed by atoms with Crippen LogP contribution in [0.2, 0.25) is 10.0 Å². The van der Waals surface area contributed by atoms with E-state index in [0.717, 1.165) is 11.4 Å². The summed E-state index contributed by atoms with van der Waals surface area (Å²) in [5.74, 6) is -0.0438. The summed E-state index contributed by atoms with van der Waals surface area (Å²) in [5.41, 5.74) is 3.18. The van der Waals surface area contributed by atoms with Gasteiger partial charge in [0.1, 0.15) is 0 Å². The molecule has 0 aliphatic carbocycles. The zero-order valence-corrected chi connectivity index (χ0v) is 19.6. The second-order valence-corrected chi connectivity index (χ2v) is 8.46. The number of urea groups is 1. The lowest BCUT2D eigenvalue weighted by Gasteiger charge is -2.34. The van der Waals surface area contributed by atoms with Crippen LogP contribution in [0, 0.1) is 0 Å². The number of carbonyl (C=O) groups is 2. The quantitative estimate of drug-likeness (QED) is 0.557. The van der Waals surface area contributed by atoms with Gasteiger partial charge in [-0.2, -0.15) is 0 Å². The highest BCUT2D eigenvalue weighted by molar-refractivity contribution is 6.42. The predicted molar refractivity (Wildman–Crippen MR) is 132 cm³/mol. The second kappa shape index (κ2) is 10.1. The van der Waals surface area contributed by atoms with Crippen molar-refractivity contribution in [3.63, 3.8) is 0 Å². The third-order valence-corrected chi connectivity index (χ3v) is 6.32. The van der Waals surface area contributed by atoms with Crippen LogP contribution in [0.3, 0.4) is 0 Å². The molecule has 9 heteroatoms. The molecule has 1 aliphatic rings. The molecular weight excluding hydrogens is 461 g/mol. The summed E-state index contributed by atoms with van der Waals surface area (Å²) in [7, 11) is 1.97. The van der Waals surface area contributed by atoms with Gasteiger partial charge in [-0.3, -0.25) is 9.78 Å². The number of nitrogens with one attached hydrogen (secondary N) is 1. The Balaban J connectivity index is 1.32. The summed E-state index contributed by atoms with van der Waals surface area (Å²) < 4.78 is 0. The second-order valence-electron chi connectivity index (χ2n) is 7.65. The molecule has 4 rings (SSSR count). The molecule has 0 saturated carbocycles. The van der Waals surface area contributed by atoms with Gasteiger partial charge in [0.25, 0.3) is 5.91 Å². The molecule has 33 heavy (non-hydrogen) atoms. The number of halogens is 2. The first-order valence-electron chi connectivity index (χ1n) is 10.5. The molecule has 0 atom stereocenters. The molecule has 3 amide bonds. The highest BCUT2D eigenvalue weighted by Gasteiger charge is 2.25. The Morgan fingerprint density at radius 1 is 0.848 bits per heavy atom. The molecule has 1 saturated heterocycles. The van der Waals surface area contributed by atoms with E-state index in [2.05, 4.69) is 10.3 Å². The number of benzene rings is 2. The van der Waals surface area contributed by atoms with E-state index in [4.69, 9.17) is 23.2 Å². The third-order valence-electron chi connectivity index (χ3n) is 5.58. The van der Waals surface area contributed by atoms with Crippen molar-refractivity contribution in [1.29, 1.82) is 0 Å². The van der Waals surface area contributed by atoms with Crippen LogP contribution in [0.15, 0.2) is 67.0 Å². The first-order valence-corrected chi connectivity index (χ1v) is 11.2. The minimum atomic E-state index is -0.232. The van der Waals surface area contributed by atoms with Crippen molar-refractivity contribution in [1.82, 2.24) is 14.8 Å². The van der Waals surface area contributed by atoms with E-state index in [0.29, 0.717) is 47.5 Å². The van der Waals surface area contributed by atoms with Crippen LogP contribution >= 0.6 is 23.2 Å².